The smallest absolute Gasteiger partial charge is 0.105 e. The molecule has 0 radical (unpaired) electrons. The number of rotatable bonds is 1. The molecule has 2 aromatic rings. The number of aromatic nitrogens is 3. The normalized spacial score (nSPS) is 19.6. The fourth-order valence-corrected chi connectivity index (χ4v) is 2.94. The number of nitriles is 1. The first-order chi connectivity index (χ1) is 8.79. The highest BCUT2D eigenvalue weighted by Crippen LogP contribution is 2.31. The molecule has 3 rings (SSSR count). The molecule has 0 N–H and O–H groups in total. The van der Waals surface area contributed by atoms with Crippen LogP contribution in [0.3, 0.4) is 0 Å². The Balaban J connectivity index is 2.08. The lowest BCUT2D eigenvalue weighted by Gasteiger charge is -2.16. The predicted octanol–water partition coefficient (Wildman–Crippen LogP) is 3.04. The minimum Gasteiger partial charge on any atom is -0.253 e. The second-order valence-electron chi connectivity index (χ2n) is 4.39. The second-order valence-corrected chi connectivity index (χ2v) is 5.55. The summed E-state index contributed by atoms with van der Waals surface area (Å²) in [6, 6.07) is 2.34. The SMILES string of the molecule is N#CC1CC=C(c2nccn3ncc(I)c23)CC1. The van der Waals surface area contributed by atoms with Crippen LogP contribution in [0.1, 0.15) is 25.0 Å². The topological polar surface area (TPSA) is 54.0 Å². The van der Waals surface area contributed by atoms with Crippen LogP contribution in [0, 0.1) is 20.8 Å². The Morgan fingerprint density at radius 1 is 1.50 bits per heavy atom. The van der Waals surface area contributed by atoms with Crippen molar-refractivity contribution < 1.29 is 0 Å². The largest absolute Gasteiger partial charge is 0.253 e. The minimum absolute atomic E-state index is 0.164. The van der Waals surface area contributed by atoms with Gasteiger partial charge in [0.05, 0.1) is 27.4 Å². The fourth-order valence-electron chi connectivity index (χ4n) is 2.31. The molecule has 1 unspecified atom stereocenters. The summed E-state index contributed by atoms with van der Waals surface area (Å²) in [4.78, 5) is 4.50. The van der Waals surface area contributed by atoms with Crippen molar-refractivity contribution in [3.8, 4) is 6.07 Å². The van der Waals surface area contributed by atoms with Gasteiger partial charge in [-0.1, -0.05) is 6.08 Å². The van der Waals surface area contributed by atoms with Crippen LogP contribution < -0.4 is 0 Å². The van der Waals surface area contributed by atoms with E-state index < -0.39 is 0 Å². The number of fused-ring (bicyclic) bond motifs is 1. The van der Waals surface area contributed by atoms with Crippen molar-refractivity contribution in [1.82, 2.24) is 14.6 Å². The third kappa shape index (κ3) is 1.90. The third-order valence-corrected chi connectivity index (χ3v) is 4.07. The van der Waals surface area contributed by atoms with Crippen LogP contribution in [-0.4, -0.2) is 14.6 Å². The Morgan fingerprint density at radius 3 is 3.11 bits per heavy atom. The Hall–Kier alpha value is -1.42. The molecule has 18 heavy (non-hydrogen) atoms. The van der Waals surface area contributed by atoms with Crippen LogP contribution in [0.2, 0.25) is 0 Å². The average molecular weight is 350 g/mol. The van der Waals surface area contributed by atoms with Gasteiger partial charge in [-0.15, -0.1) is 0 Å². The van der Waals surface area contributed by atoms with E-state index in [-0.39, 0.29) is 5.92 Å². The zero-order chi connectivity index (χ0) is 12.5. The predicted molar refractivity (Wildman–Crippen MR) is 76.6 cm³/mol. The quantitative estimate of drug-likeness (QED) is 0.743. The van der Waals surface area contributed by atoms with Crippen LogP contribution in [0.15, 0.2) is 24.7 Å². The summed E-state index contributed by atoms with van der Waals surface area (Å²) < 4.78 is 2.97. The lowest BCUT2D eigenvalue weighted by Crippen LogP contribution is -2.05. The average Bonchev–Trinajstić information content (AvgIpc) is 2.81. The molecular formula is C13H11IN4. The second kappa shape index (κ2) is 4.69. The van der Waals surface area contributed by atoms with E-state index in [1.54, 1.807) is 6.20 Å². The Morgan fingerprint density at radius 2 is 2.39 bits per heavy atom. The molecule has 0 aliphatic heterocycles. The highest BCUT2D eigenvalue weighted by molar-refractivity contribution is 14.1. The van der Waals surface area contributed by atoms with Gasteiger partial charge in [-0.3, -0.25) is 4.98 Å². The van der Waals surface area contributed by atoms with E-state index in [0.29, 0.717) is 0 Å². The highest BCUT2D eigenvalue weighted by atomic mass is 127. The van der Waals surface area contributed by atoms with E-state index in [2.05, 4.69) is 44.8 Å². The molecule has 0 saturated carbocycles. The van der Waals surface area contributed by atoms with Crippen molar-refractivity contribution in [3.63, 3.8) is 0 Å². The Labute approximate surface area is 118 Å². The van der Waals surface area contributed by atoms with Gasteiger partial charge in [-0.25, -0.2) is 4.52 Å². The number of allylic oxidation sites excluding steroid dienone is 2. The van der Waals surface area contributed by atoms with Crippen LogP contribution in [0.25, 0.3) is 11.1 Å². The molecule has 2 heterocycles. The molecule has 0 fully saturated rings. The van der Waals surface area contributed by atoms with Crippen molar-refractivity contribution in [2.75, 3.05) is 0 Å². The first-order valence-electron chi connectivity index (χ1n) is 5.86. The van der Waals surface area contributed by atoms with Gasteiger partial charge in [0.25, 0.3) is 0 Å². The standard InChI is InChI=1S/C13H11IN4/c14-11-8-17-18-6-5-16-12(13(11)18)10-3-1-9(7-15)2-4-10/h3,5-6,8-9H,1-2,4H2. The van der Waals surface area contributed by atoms with Crippen LogP contribution in [0.4, 0.5) is 0 Å². The molecule has 0 spiro atoms. The molecular weight excluding hydrogens is 339 g/mol. The third-order valence-electron chi connectivity index (χ3n) is 3.28. The molecule has 1 aliphatic rings. The van der Waals surface area contributed by atoms with E-state index in [9.17, 15) is 0 Å². The summed E-state index contributed by atoms with van der Waals surface area (Å²) >= 11 is 2.28. The summed E-state index contributed by atoms with van der Waals surface area (Å²) in [5.74, 6) is 0.164. The lowest BCUT2D eigenvalue weighted by molar-refractivity contribution is 0.603. The van der Waals surface area contributed by atoms with Gasteiger partial charge in [-0.05, 0) is 47.4 Å². The van der Waals surface area contributed by atoms with Crippen LogP contribution >= 0.6 is 22.6 Å². The van der Waals surface area contributed by atoms with Gasteiger partial charge < -0.3 is 0 Å². The molecule has 0 bridgehead atoms. The van der Waals surface area contributed by atoms with Crippen molar-refractivity contribution in [3.05, 3.63) is 33.9 Å². The van der Waals surface area contributed by atoms with Gasteiger partial charge in [-0.2, -0.15) is 10.4 Å². The minimum atomic E-state index is 0.164. The highest BCUT2D eigenvalue weighted by Gasteiger charge is 2.18. The number of hydrogen-bond donors (Lipinski definition) is 0. The molecule has 4 nitrogen and oxygen atoms in total. The molecule has 1 atom stereocenters. The maximum Gasteiger partial charge on any atom is 0.105 e. The van der Waals surface area contributed by atoms with Crippen molar-refractivity contribution in [2.24, 2.45) is 5.92 Å². The zero-order valence-corrected chi connectivity index (χ0v) is 11.8. The van der Waals surface area contributed by atoms with Crippen LogP contribution in [-0.2, 0) is 0 Å². The molecule has 0 aromatic carbocycles. The maximum atomic E-state index is 8.92. The van der Waals surface area contributed by atoms with E-state index in [0.717, 1.165) is 34.0 Å². The van der Waals surface area contributed by atoms with Crippen molar-refractivity contribution in [1.29, 1.82) is 5.26 Å². The fraction of sp³-hybridized carbons (Fsp3) is 0.308. The molecule has 2 aromatic heterocycles. The molecule has 1 aliphatic carbocycles. The lowest BCUT2D eigenvalue weighted by atomic mass is 9.89. The summed E-state index contributed by atoms with van der Waals surface area (Å²) in [7, 11) is 0. The van der Waals surface area contributed by atoms with Gasteiger partial charge in [0.2, 0.25) is 0 Å². The molecule has 90 valence electrons. The first kappa shape index (κ1) is 11.7. The summed E-state index contributed by atoms with van der Waals surface area (Å²) in [6.45, 7) is 0. The van der Waals surface area contributed by atoms with Gasteiger partial charge >= 0.3 is 0 Å². The number of nitrogens with zero attached hydrogens (tertiary/aromatic N) is 4. The molecule has 0 saturated heterocycles. The maximum absolute atomic E-state index is 8.92. The van der Waals surface area contributed by atoms with Crippen molar-refractivity contribution >= 4 is 33.7 Å². The zero-order valence-electron chi connectivity index (χ0n) is 9.67. The number of hydrogen-bond acceptors (Lipinski definition) is 3. The van der Waals surface area contributed by atoms with Gasteiger partial charge in [0, 0.05) is 12.4 Å². The summed E-state index contributed by atoms with van der Waals surface area (Å²) in [6.07, 6.45) is 10.3. The molecule has 0 amide bonds. The summed E-state index contributed by atoms with van der Waals surface area (Å²) in [5, 5.41) is 13.2. The van der Waals surface area contributed by atoms with Crippen LogP contribution in [0.5, 0.6) is 0 Å². The first-order valence-corrected chi connectivity index (χ1v) is 6.94. The summed E-state index contributed by atoms with van der Waals surface area (Å²) in [5.41, 5.74) is 3.32. The Kier molecular flexibility index (Phi) is 3.04. The number of halogens is 1. The van der Waals surface area contributed by atoms with E-state index >= 15 is 0 Å². The van der Waals surface area contributed by atoms with Crippen molar-refractivity contribution in [2.45, 2.75) is 19.3 Å². The monoisotopic (exact) mass is 350 g/mol. The van der Waals surface area contributed by atoms with E-state index in [4.69, 9.17) is 5.26 Å². The van der Waals surface area contributed by atoms with E-state index in [1.165, 1.54) is 5.57 Å². The Bertz CT molecular complexity index is 665. The van der Waals surface area contributed by atoms with Gasteiger partial charge in [0.1, 0.15) is 5.52 Å². The van der Waals surface area contributed by atoms with Gasteiger partial charge in [0.15, 0.2) is 0 Å². The molecule has 5 heteroatoms. The van der Waals surface area contributed by atoms with E-state index in [1.807, 2.05) is 16.9 Å².